The fraction of sp³-hybridized carbons (Fsp3) is 0.750. The van der Waals surface area contributed by atoms with Crippen molar-refractivity contribution in [1.29, 1.82) is 0 Å². The highest BCUT2D eigenvalue weighted by Crippen LogP contribution is 2.38. The summed E-state index contributed by atoms with van der Waals surface area (Å²) in [5, 5.41) is 0. The third kappa shape index (κ3) is 2.96. The zero-order valence-electron chi connectivity index (χ0n) is 14.2. The fourth-order valence-electron chi connectivity index (χ4n) is 3.20. The molecule has 0 bridgehead atoms. The molecule has 2 aliphatic rings. The van der Waals surface area contributed by atoms with E-state index in [1.165, 1.54) is 0 Å². The summed E-state index contributed by atoms with van der Waals surface area (Å²) in [6.07, 6.45) is 0.883. The molecule has 1 unspecified atom stereocenters. The van der Waals surface area contributed by atoms with E-state index in [2.05, 4.69) is 14.9 Å². The van der Waals surface area contributed by atoms with Crippen molar-refractivity contribution in [1.82, 2.24) is 9.97 Å². The van der Waals surface area contributed by atoms with Crippen molar-refractivity contribution in [2.45, 2.75) is 56.9 Å². The van der Waals surface area contributed by atoms with Crippen LogP contribution in [0.25, 0.3) is 0 Å². The summed E-state index contributed by atoms with van der Waals surface area (Å²) < 4.78 is 31.3. The lowest BCUT2D eigenvalue weighted by Gasteiger charge is -2.37. The van der Waals surface area contributed by atoms with Crippen LogP contribution in [0.3, 0.4) is 0 Å². The maximum Gasteiger partial charge on any atom is 0.185 e. The minimum atomic E-state index is -3.39. The van der Waals surface area contributed by atoms with E-state index < -0.39 is 9.84 Å². The predicted octanol–water partition coefficient (Wildman–Crippen LogP) is 2.11. The molecule has 0 spiro atoms. The quantitative estimate of drug-likeness (QED) is 0.822. The first-order valence-electron chi connectivity index (χ1n) is 8.30. The Labute approximate surface area is 138 Å². The van der Waals surface area contributed by atoms with Crippen LogP contribution in [0.2, 0.25) is 0 Å². The number of sulfone groups is 1. The molecule has 1 aromatic rings. The van der Waals surface area contributed by atoms with Gasteiger partial charge in [-0.15, -0.1) is 0 Å². The van der Waals surface area contributed by atoms with E-state index in [1.54, 1.807) is 0 Å². The van der Waals surface area contributed by atoms with Crippen molar-refractivity contribution in [2.24, 2.45) is 0 Å². The number of aromatic nitrogens is 2. The number of rotatable bonds is 2. The molecule has 3 heterocycles. The van der Waals surface area contributed by atoms with Crippen molar-refractivity contribution in [3.8, 4) is 0 Å². The molecule has 3 rings (SSSR count). The Kier molecular flexibility index (Phi) is 4.35. The summed E-state index contributed by atoms with van der Waals surface area (Å²) in [6.45, 7) is 9.93. The van der Waals surface area contributed by atoms with Gasteiger partial charge in [-0.25, -0.2) is 18.4 Å². The summed E-state index contributed by atoms with van der Waals surface area (Å²) in [5.74, 6) is 1.59. The smallest absolute Gasteiger partial charge is 0.185 e. The van der Waals surface area contributed by atoms with E-state index in [4.69, 9.17) is 4.74 Å². The van der Waals surface area contributed by atoms with Crippen LogP contribution in [-0.2, 0) is 14.6 Å². The Morgan fingerprint density at radius 2 is 1.91 bits per heavy atom. The summed E-state index contributed by atoms with van der Waals surface area (Å²) in [4.78, 5) is 11.7. The normalized spacial score (nSPS) is 23.6. The van der Waals surface area contributed by atoms with E-state index in [9.17, 15) is 8.42 Å². The van der Waals surface area contributed by atoms with Crippen LogP contribution >= 0.6 is 0 Å². The highest BCUT2D eigenvalue weighted by molar-refractivity contribution is 7.91. The maximum absolute atomic E-state index is 12.9. The average Bonchev–Trinajstić information content (AvgIpc) is 2.70. The molecule has 2 aliphatic heterocycles. The minimum absolute atomic E-state index is 0.0406. The van der Waals surface area contributed by atoms with E-state index in [0.29, 0.717) is 35.4 Å². The molecule has 0 radical (unpaired) electrons. The number of anilines is 1. The van der Waals surface area contributed by atoms with E-state index in [1.807, 2.05) is 27.7 Å². The van der Waals surface area contributed by atoms with Crippen LogP contribution in [0.5, 0.6) is 0 Å². The number of hydrogen-bond acceptors (Lipinski definition) is 6. The van der Waals surface area contributed by atoms with Crippen molar-refractivity contribution >= 4 is 15.7 Å². The van der Waals surface area contributed by atoms with E-state index in [-0.39, 0.29) is 23.6 Å². The first-order valence-corrected chi connectivity index (χ1v) is 9.95. The van der Waals surface area contributed by atoms with Crippen LogP contribution in [0, 0.1) is 0 Å². The van der Waals surface area contributed by atoms with Crippen molar-refractivity contribution in [2.75, 3.05) is 30.4 Å². The van der Waals surface area contributed by atoms with Gasteiger partial charge in [-0.3, -0.25) is 0 Å². The summed E-state index contributed by atoms with van der Waals surface area (Å²) in [5.41, 5.74) is 0.655. The molecule has 128 valence electrons. The van der Waals surface area contributed by atoms with Crippen LogP contribution in [-0.4, -0.2) is 49.9 Å². The lowest BCUT2D eigenvalue weighted by Crippen LogP contribution is -2.47. The van der Waals surface area contributed by atoms with Gasteiger partial charge in [0.2, 0.25) is 0 Å². The highest BCUT2D eigenvalue weighted by atomic mass is 32.2. The number of ether oxygens (including phenoxy) is 1. The Bertz CT molecular complexity index is 701. The van der Waals surface area contributed by atoms with Crippen LogP contribution in [0.15, 0.2) is 4.90 Å². The Morgan fingerprint density at radius 1 is 1.17 bits per heavy atom. The lowest BCUT2D eigenvalue weighted by molar-refractivity contribution is 0.137. The fourth-order valence-corrected chi connectivity index (χ4v) is 5.19. The van der Waals surface area contributed by atoms with Gasteiger partial charge in [0.25, 0.3) is 0 Å². The topological polar surface area (TPSA) is 72.4 Å². The second kappa shape index (κ2) is 6.02. The van der Waals surface area contributed by atoms with Gasteiger partial charge < -0.3 is 9.64 Å². The van der Waals surface area contributed by atoms with Gasteiger partial charge in [-0.05, 0) is 12.3 Å². The molecule has 0 aromatic carbocycles. The molecule has 0 N–H and O–H groups in total. The zero-order valence-corrected chi connectivity index (χ0v) is 15.1. The Morgan fingerprint density at radius 3 is 2.57 bits per heavy atom. The molecular weight excluding hydrogens is 314 g/mol. The van der Waals surface area contributed by atoms with Gasteiger partial charge in [-0.2, -0.15) is 0 Å². The van der Waals surface area contributed by atoms with Crippen LogP contribution in [0.4, 0.5) is 5.82 Å². The lowest BCUT2D eigenvalue weighted by atomic mass is 10.1. The van der Waals surface area contributed by atoms with Crippen LogP contribution < -0.4 is 4.90 Å². The van der Waals surface area contributed by atoms with Crippen LogP contribution in [0.1, 0.15) is 57.5 Å². The minimum Gasteiger partial charge on any atom is -0.379 e. The molecule has 1 aromatic heterocycles. The van der Waals surface area contributed by atoms with Crippen molar-refractivity contribution in [3.63, 3.8) is 0 Å². The molecule has 7 heteroatoms. The van der Waals surface area contributed by atoms with Gasteiger partial charge in [0.15, 0.2) is 15.7 Å². The SMILES string of the molecule is CC(C)c1nc(C(C)C)c2c(n1)N1CCCOCC1CS2(=O)=O. The van der Waals surface area contributed by atoms with Gasteiger partial charge in [-0.1, -0.05) is 27.7 Å². The monoisotopic (exact) mass is 339 g/mol. The Hall–Kier alpha value is -1.21. The van der Waals surface area contributed by atoms with Gasteiger partial charge in [0.05, 0.1) is 24.1 Å². The molecular formula is C16H25N3O3S. The first kappa shape index (κ1) is 16.6. The summed E-state index contributed by atoms with van der Waals surface area (Å²) in [6, 6.07) is -0.148. The number of hydrogen-bond donors (Lipinski definition) is 0. The molecule has 23 heavy (non-hydrogen) atoms. The van der Waals surface area contributed by atoms with Gasteiger partial charge in [0, 0.05) is 19.1 Å². The van der Waals surface area contributed by atoms with E-state index in [0.717, 1.165) is 13.0 Å². The molecule has 1 saturated heterocycles. The first-order chi connectivity index (χ1) is 10.8. The second-order valence-electron chi connectivity index (χ2n) is 6.99. The van der Waals surface area contributed by atoms with E-state index >= 15 is 0 Å². The van der Waals surface area contributed by atoms with Gasteiger partial charge in [0.1, 0.15) is 10.7 Å². The molecule has 0 saturated carbocycles. The molecule has 1 atom stereocenters. The standard InChI is InChI=1S/C16H25N3O3S/c1-10(2)13-14-16(18-15(17-13)11(3)4)19-6-5-7-22-8-12(19)9-23(14,20)21/h10-12H,5-9H2,1-4H3. The molecule has 0 amide bonds. The number of nitrogens with zero attached hydrogens (tertiary/aromatic N) is 3. The van der Waals surface area contributed by atoms with Gasteiger partial charge >= 0.3 is 0 Å². The predicted molar refractivity (Wildman–Crippen MR) is 88.8 cm³/mol. The largest absolute Gasteiger partial charge is 0.379 e. The summed E-state index contributed by atoms with van der Waals surface area (Å²) >= 11 is 0. The van der Waals surface area contributed by atoms with Crippen molar-refractivity contribution in [3.05, 3.63) is 11.5 Å². The molecule has 0 aliphatic carbocycles. The second-order valence-corrected chi connectivity index (χ2v) is 8.96. The number of fused-ring (bicyclic) bond motifs is 3. The maximum atomic E-state index is 12.9. The highest BCUT2D eigenvalue weighted by Gasteiger charge is 2.41. The Balaban J connectivity index is 2.26. The van der Waals surface area contributed by atoms with Crippen molar-refractivity contribution < 1.29 is 13.2 Å². The molecule has 6 nitrogen and oxygen atoms in total. The third-order valence-electron chi connectivity index (χ3n) is 4.39. The summed E-state index contributed by atoms with van der Waals surface area (Å²) in [7, 11) is -3.39. The third-order valence-corrected chi connectivity index (χ3v) is 6.23. The average molecular weight is 339 g/mol. The zero-order chi connectivity index (χ0) is 16.8. The molecule has 1 fully saturated rings.